The number of ether oxygens (including phenoxy) is 1. The molecule has 3 rings (SSSR count). The molecule has 0 unspecified atom stereocenters. The molecule has 0 saturated carbocycles. The Balaban J connectivity index is 1.26. The molecule has 1 aromatic rings. The highest BCUT2D eigenvalue weighted by atomic mass is 35.5. The van der Waals surface area contributed by atoms with Crippen molar-refractivity contribution >= 4 is 11.6 Å². The number of rotatable bonds is 6. The Morgan fingerprint density at radius 2 is 1.86 bits per heavy atom. The van der Waals surface area contributed by atoms with Gasteiger partial charge in [-0.1, -0.05) is 11.6 Å². The molecule has 2 aliphatic rings. The van der Waals surface area contributed by atoms with Crippen molar-refractivity contribution in [1.29, 1.82) is 0 Å². The molecule has 4 nitrogen and oxygen atoms in total. The maximum atomic E-state index is 5.85. The minimum atomic E-state index is 0.752. The van der Waals surface area contributed by atoms with Crippen molar-refractivity contribution in [1.82, 2.24) is 15.1 Å². The summed E-state index contributed by atoms with van der Waals surface area (Å²) < 4.78 is 5.72. The zero-order valence-corrected chi connectivity index (χ0v) is 13.2. The van der Waals surface area contributed by atoms with Gasteiger partial charge in [-0.25, -0.2) is 0 Å². The first-order chi connectivity index (χ1) is 10.3. The summed E-state index contributed by atoms with van der Waals surface area (Å²) in [5.74, 6) is 0.904. The molecule has 0 atom stereocenters. The van der Waals surface area contributed by atoms with E-state index in [9.17, 15) is 0 Å². The van der Waals surface area contributed by atoms with Crippen molar-refractivity contribution < 1.29 is 4.74 Å². The van der Waals surface area contributed by atoms with Gasteiger partial charge in [0.2, 0.25) is 0 Å². The van der Waals surface area contributed by atoms with E-state index in [4.69, 9.17) is 16.3 Å². The molecule has 2 aliphatic heterocycles. The van der Waals surface area contributed by atoms with Crippen molar-refractivity contribution in [2.75, 3.05) is 52.4 Å². The van der Waals surface area contributed by atoms with Crippen LogP contribution < -0.4 is 10.1 Å². The Morgan fingerprint density at radius 1 is 1.14 bits per heavy atom. The van der Waals surface area contributed by atoms with E-state index in [-0.39, 0.29) is 0 Å². The number of hydrogen-bond acceptors (Lipinski definition) is 4. The Hall–Kier alpha value is -0.810. The Labute approximate surface area is 132 Å². The summed E-state index contributed by atoms with van der Waals surface area (Å²) in [7, 11) is 0. The third-order valence-electron chi connectivity index (χ3n) is 4.31. The quantitative estimate of drug-likeness (QED) is 0.810. The normalized spacial score (nSPS) is 21.2. The Morgan fingerprint density at radius 3 is 2.57 bits per heavy atom. The second-order valence-electron chi connectivity index (χ2n) is 5.86. The highest BCUT2D eigenvalue weighted by molar-refractivity contribution is 6.30. The molecule has 0 aliphatic carbocycles. The summed E-state index contributed by atoms with van der Waals surface area (Å²) in [6, 6.07) is 8.36. The van der Waals surface area contributed by atoms with Gasteiger partial charge in [-0.05, 0) is 30.7 Å². The van der Waals surface area contributed by atoms with Gasteiger partial charge in [0, 0.05) is 56.9 Å². The summed E-state index contributed by atoms with van der Waals surface area (Å²) in [5.41, 5.74) is 0. The number of piperazine rings is 1. The molecular weight excluding hydrogens is 286 g/mol. The van der Waals surface area contributed by atoms with Crippen LogP contribution in [0.1, 0.15) is 6.42 Å². The van der Waals surface area contributed by atoms with Gasteiger partial charge < -0.3 is 10.1 Å². The van der Waals surface area contributed by atoms with Crippen LogP contribution in [0.4, 0.5) is 0 Å². The maximum Gasteiger partial charge on any atom is 0.119 e. The molecule has 0 bridgehead atoms. The number of nitrogens with zero attached hydrogens (tertiary/aromatic N) is 2. The van der Waals surface area contributed by atoms with Crippen molar-refractivity contribution in [3.63, 3.8) is 0 Å². The highest BCUT2D eigenvalue weighted by Crippen LogP contribution is 2.17. The van der Waals surface area contributed by atoms with E-state index in [2.05, 4.69) is 15.1 Å². The minimum absolute atomic E-state index is 0.752. The second kappa shape index (κ2) is 7.45. The van der Waals surface area contributed by atoms with Gasteiger partial charge in [-0.2, -0.15) is 0 Å². The molecule has 0 amide bonds. The van der Waals surface area contributed by atoms with E-state index in [1.807, 2.05) is 24.3 Å². The third kappa shape index (κ3) is 4.33. The number of benzene rings is 1. The van der Waals surface area contributed by atoms with E-state index >= 15 is 0 Å². The molecule has 116 valence electrons. The van der Waals surface area contributed by atoms with Gasteiger partial charge in [0.15, 0.2) is 0 Å². The molecular formula is C16H24ClN3O. The standard InChI is InChI=1S/C16H24ClN3O/c17-14-2-4-16(5-3-14)21-11-1-8-19-12-15(13-19)20-9-6-18-7-10-20/h2-5,15,18H,1,6-13H2. The summed E-state index contributed by atoms with van der Waals surface area (Å²) in [6.07, 6.45) is 1.08. The molecule has 0 spiro atoms. The number of nitrogens with one attached hydrogen (secondary N) is 1. The fourth-order valence-electron chi connectivity index (χ4n) is 3.01. The number of likely N-dealkylation sites (tertiary alicyclic amines) is 1. The lowest BCUT2D eigenvalue weighted by atomic mass is 10.1. The van der Waals surface area contributed by atoms with Crippen LogP contribution in [0.5, 0.6) is 5.75 Å². The van der Waals surface area contributed by atoms with Crippen LogP contribution in [0.25, 0.3) is 0 Å². The predicted molar refractivity (Wildman–Crippen MR) is 86.2 cm³/mol. The van der Waals surface area contributed by atoms with E-state index in [1.54, 1.807) is 0 Å². The summed E-state index contributed by atoms with van der Waals surface area (Å²) in [6.45, 7) is 9.06. The molecule has 2 saturated heterocycles. The van der Waals surface area contributed by atoms with Crippen molar-refractivity contribution in [3.05, 3.63) is 29.3 Å². The van der Waals surface area contributed by atoms with E-state index in [0.29, 0.717) is 0 Å². The third-order valence-corrected chi connectivity index (χ3v) is 4.56. The van der Waals surface area contributed by atoms with Crippen LogP contribution in [-0.4, -0.2) is 68.3 Å². The van der Waals surface area contributed by atoms with Crippen LogP contribution in [0.2, 0.25) is 5.02 Å². The lowest BCUT2D eigenvalue weighted by Gasteiger charge is -2.46. The van der Waals surface area contributed by atoms with E-state index in [1.165, 1.54) is 26.2 Å². The highest BCUT2D eigenvalue weighted by Gasteiger charge is 2.31. The van der Waals surface area contributed by atoms with E-state index < -0.39 is 0 Å². The lowest BCUT2D eigenvalue weighted by Crippen LogP contribution is -2.62. The topological polar surface area (TPSA) is 27.7 Å². The van der Waals surface area contributed by atoms with Crippen molar-refractivity contribution in [2.45, 2.75) is 12.5 Å². The molecule has 5 heteroatoms. The minimum Gasteiger partial charge on any atom is -0.494 e. The van der Waals surface area contributed by atoms with Gasteiger partial charge in [0.1, 0.15) is 5.75 Å². The van der Waals surface area contributed by atoms with Crippen LogP contribution in [0.3, 0.4) is 0 Å². The van der Waals surface area contributed by atoms with Crippen LogP contribution in [0, 0.1) is 0 Å². The van der Waals surface area contributed by atoms with Gasteiger partial charge in [-0.15, -0.1) is 0 Å². The largest absolute Gasteiger partial charge is 0.494 e. The first-order valence-corrected chi connectivity index (χ1v) is 8.24. The fraction of sp³-hybridized carbons (Fsp3) is 0.625. The van der Waals surface area contributed by atoms with Crippen LogP contribution in [0.15, 0.2) is 24.3 Å². The fourth-order valence-corrected chi connectivity index (χ4v) is 3.14. The van der Waals surface area contributed by atoms with Crippen LogP contribution in [-0.2, 0) is 0 Å². The van der Waals surface area contributed by atoms with Gasteiger partial charge in [0.25, 0.3) is 0 Å². The molecule has 1 aromatic carbocycles. The van der Waals surface area contributed by atoms with Gasteiger partial charge in [0.05, 0.1) is 6.61 Å². The average Bonchev–Trinajstić information content (AvgIpc) is 2.48. The predicted octanol–water partition coefficient (Wildman–Crippen LogP) is 1.70. The monoisotopic (exact) mass is 309 g/mol. The first-order valence-electron chi connectivity index (χ1n) is 7.87. The molecule has 0 radical (unpaired) electrons. The van der Waals surface area contributed by atoms with Crippen LogP contribution >= 0.6 is 11.6 Å². The van der Waals surface area contributed by atoms with Gasteiger partial charge >= 0.3 is 0 Å². The summed E-state index contributed by atoms with van der Waals surface area (Å²) in [5, 5.41) is 4.16. The molecule has 1 N–H and O–H groups in total. The first kappa shape index (κ1) is 15.1. The van der Waals surface area contributed by atoms with Crippen molar-refractivity contribution in [3.8, 4) is 5.75 Å². The number of hydrogen-bond donors (Lipinski definition) is 1. The molecule has 2 fully saturated rings. The lowest BCUT2D eigenvalue weighted by molar-refractivity contribution is 0.0248. The van der Waals surface area contributed by atoms with Crippen molar-refractivity contribution in [2.24, 2.45) is 0 Å². The summed E-state index contributed by atoms with van der Waals surface area (Å²) >= 11 is 5.85. The molecule has 21 heavy (non-hydrogen) atoms. The SMILES string of the molecule is Clc1ccc(OCCCN2CC(N3CCNCC3)C2)cc1. The average molecular weight is 310 g/mol. The number of halogens is 1. The van der Waals surface area contributed by atoms with Gasteiger partial charge in [-0.3, -0.25) is 9.80 Å². The zero-order chi connectivity index (χ0) is 14.5. The van der Waals surface area contributed by atoms with E-state index in [0.717, 1.165) is 49.5 Å². The second-order valence-corrected chi connectivity index (χ2v) is 6.29. The molecule has 0 aromatic heterocycles. The maximum absolute atomic E-state index is 5.85. The Bertz CT molecular complexity index is 428. The Kier molecular flexibility index (Phi) is 5.36. The molecule has 2 heterocycles. The summed E-state index contributed by atoms with van der Waals surface area (Å²) in [4.78, 5) is 5.15. The zero-order valence-electron chi connectivity index (χ0n) is 12.4. The smallest absolute Gasteiger partial charge is 0.119 e.